The molecule has 5 nitrogen and oxygen atoms in total. The van der Waals surface area contributed by atoms with Gasteiger partial charge in [-0.1, -0.05) is 0 Å². The molecule has 1 aromatic rings. The van der Waals surface area contributed by atoms with E-state index in [-0.39, 0.29) is 0 Å². The van der Waals surface area contributed by atoms with E-state index in [1.807, 2.05) is 17.8 Å². The van der Waals surface area contributed by atoms with Gasteiger partial charge in [0.2, 0.25) is 0 Å². The zero-order valence-corrected chi connectivity index (χ0v) is 9.93. The molecule has 0 bridgehead atoms. The molecule has 1 aromatic heterocycles. The van der Waals surface area contributed by atoms with Crippen molar-refractivity contribution in [3.63, 3.8) is 0 Å². The smallest absolute Gasteiger partial charge is 0.0815 e. The third-order valence-electron chi connectivity index (χ3n) is 2.22. The third-order valence-corrected chi connectivity index (χ3v) is 2.22. The maximum atomic E-state index is 9.68. The van der Waals surface area contributed by atoms with Gasteiger partial charge in [-0.05, 0) is 12.5 Å². The van der Waals surface area contributed by atoms with Gasteiger partial charge in [-0.25, -0.2) is 0 Å². The largest absolute Gasteiger partial charge is 0.390 e. The Morgan fingerprint density at radius 3 is 2.94 bits per heavy atom. The van der Waals surface area contributed by atoms with Gasteiger partial charge >= 0.3 is 0 Å². The van der Waals surface area contributed by atoms with Gasteiger partial charge in [0.1, 0.15) is 0 Å². The van der Waals surface area contributed by atoms with Crippen LogP contribution in [0.5, 0.6) is 0 Å². The lowest BCUT2D eigenvalue weighted by Gasteiger charge is -2.09. The van der Waals surface area contributed by atoms with Gasteiger partial charge in [-0.2, -0.15) is 5.10 Å². The monoisotopic (exact) mass is 228 g/mol. The molecule has 92 valence electrons. The minimum Gasteiger partial charge on any atom is -0.390 e. The van der Waals surface area contributed by atoms with Crippen molar-refractivity contribution < 1.29 is 14.6 Å². The zero-order chi connectivity index (χ0) is 11.8. The molecule has 16 heavy (non-hydrogen) atoms. The van der Waals surface area contributed by atoms with E-state index in [1.54, 1.807) is 13.3 Å². The molecular weight excluding hydrogens is 208 g/mol. The SMILES string of the molecule is CCn1cc(CC(O)COCCOC)cn1. The molecule has 5 heteroatoms. The van der Waals surface area contributed by atoms with Crippen molar-refractivity contribution in [3.8, 4) is 0 Å². The minimum absolute atomic E-state index is 0.334. The molecule has 0 radical (unpaired) electrons. The molecule has 0 aliphatic heterocycles. The summed E-state index contributed by atoms with van der Waals surface area (Å²) >= 11 is 0. The van der Waals surface area contributed by atoms with Crippen molar-refractivity contribution in [2.75, 3.05) is 26.9 Å². The van der Waals surface area contributed by atoms with Gasteiger partial charge in [0.05, 0.1) is 32.1 Å². The van der Waals surface area contributed by atoms with Crippen LogP contribution < -0.4 is 0 Å². The van der Waals surface area contributed by atoms with E-state index in [1.165, 1.54) is 0 Å². The lowest BCUT2D eigenvalue weighted by molar-refractivity contribution is 0.0137. The van der Waals surface area contributed by atoms with E-state index < -0.39 is 6.10 Å². The molecule has 1 atom stereocenters. The summed E-state index contributed by atoms with van der Waals surface area (Å²) in [6.07, 6.45) is 3.82. The molecule has 0 spiro atoms. The van der Waals surface area contributed by atoms with E-state index in [2.05, 4.69) is 5.10 Å². The van der Waals surface area contributed by atoms with Crippen LogP contribution in [0.2, 0.25) is 0 Å². The molecule has 0 amide bonds. The Bertz CT molecular complexity index is 289. The maximum Gasteiger partial charge on any atom is 0.0815 e. The molecule has 0 saturated carbocycles. The number of hydrogen-bond acceptors (Lipinski definition) is 4. The Balaban J connectivity index is 2.20. The third kappa shape index (κ3) is 4.74. The molecular formula is C11H20N2O3. The van der Waals surface area contributed by atoms with E-state index in [4.69, 9.17) is 9.47 Å². The fourth-order valence-electron chi connectivity index (χ4n) is 1.38. The molecule has 1 heterocycles. The van der Waals surface area contributed by atoms with Crippen molar-refractivity contribution in [2.45, 2.75) is 26.0 Å². The van der Waals surface area contributed by atoms with Crippen LogP contribution in [0.15, 0.2) is 12.4 Å². The lowest BCUT2D eigenvalue weighted by Crippen LogP contribution is -2.19. The molecule has 1 unspecified atom stereocenters. The van der Waals surface area contributed by atoms with Crippen LogP contribution in [0.4, 0.5) is 0 Å². The summed E-state index contributed by atoms with van der Waals surface area (Å²) < 4.78 is 11.9. The lowest BCUT2D eigenvalue weighted by atomic mass is 10.2. The standard InChI is InChI=1S/C11H20N2O3/c1-3-13-8-10(7-12-13)6-11(14)9-16-5-4-15-2/h7-8,11,14H,3-6,9H2,1-2H3. The molecule has 1 N–H and O–H groups in total. The Labute approximate surface area is 96.0 Å². The van der Waals surface area contributed by atoms with Crippen LogP contribution in [0.25, 0.3) is 0 Å². The topological polar surface area (TPSA) is 56.5 Å². The number of aromatic nitrogens is 2. The highest BCUT2D eigenvalue weighted by Crippen LogP contribution is 2.03. The highest BCUT2D eigenvalue weighted by Gasteiger charge is 2.07. The summed E-state index contributed by atoms with van der Waals surface area (Å²) in [5, 5.41) is 13.8. The Kier molecular flexibility index (Phi) is 6.07. The van der Waals surface area contributed by atoms with E-state index in [0.29, 0.717) is 26.2 Å². The number of methoxy groups -OCH3 is 1. The second-order valence-corrected chi connectivity index (χ2v) is 3.63. The van der Waals surface area contributed by atoms with Crippen molar-refractivity contribution >= 4 is 0 Å². The summed E-state index contributed by atoms with van der Waals surface area (Å²) in [7, 11) is 1.62. The van der Waals surface area contributed by atoms with Crippen LogP contribution >= 0.6 is 0 Å². The van der Waals surface area contributed by atoms with E-state index in [9.17, 15) is 5.11 Å². The normalized spacial score (nSPS) is 12.9. The Morgan fingerprint density at radius 1 is 1.50 bits per heavy atom. The van der Waals surface area contributed by atoms with Crippen molar-refractivity contribution in [1.82, 2.24) is 9.78 Å². The van der Waals surface area contributed by atoms with Gasteiger partial charge in [0.15, 0.2) is 0 Å². The molecule has 0 aromatic carbocycles. The van der Waals surface area contributed by atoms with Crippen LogP contribution in [0, 0.1) is 0 Å². The quantitative estimate of drug-likeness (QED) is 0.657. The summed E-state index contributed by atoms with van der Waals surface area (Å²) in [5.74, 6) is 0. The zero-order valence-electron chi connectivity index (χ0n) is 9.93. The highest BCUT2D eigenvalue weighted by atomic mass is 16.5. The molecule has 0 aliphatic carbocycles. The summed E-state index contributed by atoms with van der Waals surface area (Å²) in [5.41, 5.74) is 1.03. The Hall–Kier alpha value is -0.910. The predicted octanol–water partition coefficient (Wildman–Crippen LogP) is 0.469. The van der Waals surface area contributed by atoms with Crippen molar-refractivity contribution in [3.05, 3.63) is 18.0 Å². The number of nitrogens with zero attached hydrogens (tertiary/aromatic N) is 2. The van der Waals surface area contributed by atoms with E-state index >= 15 is 0 Å². The first-order valence-corrected chi connectivity index (χ1v) is 5.52. The number of aliphatic hydroxyl groups is 1. The van der Waals surface area contributed by atoms with Crippen molar-refractivity contribution in [1.29, 1.82) is 0 Å². The Morgan fingerprint density at radius 2 is 2.31 bits per heavy atom. The van der Waals surface area contributed by atoms with Gasteiger partial charge in [-0.3, -0.25) is 4.68 Å². The fourth-order valence-corrected chi connectivity index (χ4v) is 1.38. The first-order valence-electron chi connectivity index (χ1n) is 5.52. The van der Waals surface area contributed by atoms with Crippen molar-refractivity contribution in [2.24, 2.45) is 0 Å². The maximum absolute atomic E-state index is 9.68. The predicted molar refractivity (Wildman–Crippen MR) is 60.3 cm³/mol. The average molecular weight is 228 g/mol. The number of aliphatic hydroxyl groups excluding tert-OH is 1. The fraction of sp³-hybridized carbons (Fsp3) is 0.727. The average Bonchev–Trinajstić information content (AvgIpc) is 2.72. The summed E-state index contributed by atoms with van der Waals surface area (Å²) in [4.78, 5) is 0. The second kappa shape index (κ2) is 7.38. The van der Waals surface area contributed by atoms with Crippen LogP contribution in [0.3, 0.4) is 0 Å². The van der Waals surface area contributed by atoms with Crippen LogP contribution in [0.1, 0.15) is 12.5 Å². The number of hydrogen-bond donors (Lipinski definition) is 1. The number of aryl methyl sites for hydroxylation is 1. The molecule has 0 aliphatic rings. The molecule has 1 rings (SSSR count). The molecule has 0 fully saturated rings. The number of rotatable bonds is 8. The van der Waals surface area contributed by atoms with Gasteiger partial charge in [0, 0.05) is 26.3 Å². The molecule has 0 saturated heterocycles. The number of ether oxygens (including phenoxy) is 2. The van der Waals surface area contributed by atoms with Crippen LogP contribution in [-0.2, 0) is 22.4 Å². The minimum atomic E-state index is -0.480. The summed E-state index contributed by atoms with van der Waals surface area (Å²) in [6, 6.07) is 0. The van der Waals surface area contributed by atoms with Gasteiger partial charge in [-0.15, -0.1) is 0 Å². The van der Waals surface area contributed by atoms with Gasteiger partial charge < -0.3 is 14.6 Å². The van der Waals surface area contributed by atoms with Gasteiger partial charge in [0.25, 0.3) is 0 Å². The van der Waals surface area contributed by atoms with Crippen LogP contribution in [-0.4, -0.2) is 47.9 Å². The first kappa shape index (κ1) is 13.2. The van der Waals surface area contributed by atoms with E-state index in [0.717, 1.165) is 12.1 Å². The second-order valence-electron chi connectivity index (χ2n) is 3.63. The highest BCUT2D eigenvalue weighted by molar-refractivity contribution is 5.05. The first-order chi connectivity index (χ1) is 7.76. The summed E-state index contributed by atoms with van der Waals surface area (Å²) in [6.45, 7) is 4.28.